The van der Waals surface area contributed by atoms with E-state index in [9.17, 15) is 25.2 Å². The van der Waals surface area contributed by atoms with E-state index in [2.05, 4.69) is 0 Å². The van der Waals surface area contributed by atoms with Gasteiger partial charge in [-0.2, -0.15) is 0 Å². The minimum Gasteiger partial charge on any atom is -0.463 e. The van der Waals surface area contributed by atoms with Crippen LogP contribution >= 0.6 is 0 Å². The molecule has 4 atom stereocenters. The Kier molecular flexibility index (Phi) is 24.9. The molecule has 0 saturated heterocycles. The maximum Gasteiger partial charge on any atom is 0.305 e. The Hall–Kier alpha value is -0.730. The average molecular weight is 534 g/mol. The van der Waals surface area contributed by atoms with Gasteiger partial charge in [0.1, 0.15) is 31.0 Å². The van der Waals surface area contributed by atoms with Crippen molar-refractivity contribution in [3.63, 3.8) is 0 Å². The normalized spacial score (nSPS) is 15.2. The summed E-state index contributed by atoms with van der Waals surface area (Å²) >= 11 is 0. The van der Waals surface area contributed by atoms with Gasteiger partial charge >= 0.3 is 5.97 Å². The molecule has 0 aromatic carbocycles. The van der Waals surface area contributed by atoms with Crippen LogP contribution in [0.1, 0.15) is 150 Å². The average Bonchev–Trinajstić information content (AvgIpc) is 2.93. The zero-order chi connectivity index (χ0) is 28.3. The van der Waals surface area contributed by atoms with Gasteiger partial charge in [-0.05, 0) is 6.42 Å². The summed E-state index contributed by atoms with van der Waals surface area (Å²) in [6, 6.07) is 0. The summed E-state index contributed by atoms with van der Waals surface area (Å²) in [6.07, 6.45) is 20.2. The molecule has 0 saturated carbocycles. The topological polar surface area (TPSA) is 127 Å². The van der Waals surface area contributed by atoms with E-state index in [1.807, 2.05) is 0 Å². The van der Waals surface area contributed by atoms with Crippen LogP contribution in [0.4, 0.5) is 0 Å². The number of hydrogen-bond donors (Lipinski definition) is 5. The number of ether oxygens (including phenoxy) is 1. The van der Waals surface area contributed by atoms with Gasteiger partial charge < -0.3 is 30.3 Å². The molecule has 0 fully saturated rings. The van der Waals surface area contributed by atoms with Crippen molar-refractivity contribution in [2.24, 2.45) is 0 Å². The number of carbonyl (C=O) groups is 1. The second-order valence-electron chi connectivity index (χ2n) is 10.7. The Morgan fingerprint density at radius 2 is 0.946 bits per heavy atom. The fraction of sp³-hybridized carbons (Fsp3) is 0.967. The van der Waals surface area contributed by atoms with Gasteiger partial charge in [0.2, 0.25) is 0 Å². The first kappa shape index (κ1) is 34.3. The molecule has 0 heterocycles. The van der Waals surface area contributed by atoms with Gasteiger partial charge in [-0.3, -0.25) is 4.79 Å². The quantitative estimate of drug-likeness (QED) is 0.0657. The van der Waals surface area contributed by atoms with Crippen molar-refractivity contribution in [1.82, 2.24) is 0 Å². The molecule has 7 heteroatoms. The molecule has 0 aliphatic carbocycles. The summed E-state index contributed by atoms with van der Waals surface area (Å²) in [6.45, 7) is -0.628. The van der Waals surface area contributed by atoms with Gasteiger partial charge in [-0.15, -0.1) is 0 Å². The Morgan fingerprint density at radius 1 is 0.595 bits per heavy atom. The minimum absolute atomic E-state index is 0.249. The number of carbonyl (C=O) groups excluding carboxylic acids is 1. The highest BCUT2D eigenvalue weighted by atomic mass is 16.5. The first-order valence-electron chi connectivity index (χ1n) is 15.9. The molecule has 7 nitrogen and oxygen atoms in total. The van der Waals surface area contributed by atoms with Crippen LogP contribution in [0.25, 0.3) is 0 Å². The Bertz CT molecular complexity index is 509. The molecular weight excluding hydrogens is 472 g/mol. The third-order valence-corrected chi connectivity index (χ3v) is 7.12. The molecule has 5 N–H and O–H groups in total. The zero-order valence-corrected chi connectivity index (χ0v) is 23.5. The summed E-state index contributed by atoms with van der Waals surface area (Å²) in [4.78, 5) is 11.8. The molecule has 0 unspecified atom stereocenters. The highest BCUT2D eigenvalue weighted by Crippen LogP contribution is 2.15. The predicted molar refractivity (Wildman–Crippen MR) is 149 cm³/mol. The van der Waals surface area contributed by atoms with Crippen molar-refractivity contribution < 1.29 is 36.4 Å². The van der Waals surface area contributed by atoms with Crippen LogP contribution in [0.15, 0.2) is 0 Å². The number of unbranched alkanes of at least 4 members (excludes halogenated alkanes) is 20. The van der Waals surface area contributed by atoms with Gasteiger partial charge in [0.15, 0.2) is 0 Å². The van der Waals surface area contributed by atoms with Gasteiger partial charge in [0, 0.05) is 7.79 Å². The predicted octanol–water partition coefficient (Wildman–Crippen LogP) is 5.57. The first-order valence-corrected chi connectivity index (χ1v) is 15.2. The summed E-state index contributed by atoms with van der Waals surface area (Å²) in [7, 11) is 0. The number of hydrogen-bond acceptors (Lipinski definition) is 7. The molecule has 0 bridgehead atoms. The number of rotatable bonds is 28. The standard InChI is InChI=1S/C30H60O7/c1-2-3-4-5-6-7-8-9-10-11-12-13-14-15-16-17-18-19-20-21-22-23-28(34)37-25-27(33)30(36)29(35)26(32)24-31/h26-27,29-33,35-36H,2-25H2,1H3/t26-,27+,29+,30+/m0/s1/i1D. The fourth-order valence-electron chi connectivity index (χ4n) is 4.54. The second kappa shape index (κ2) is 26.9. The van der Waals surface area contributed by atoms with Crippen molar-refractivity contribution in [1.29, 1.82) is 0 Å². The van der Waals surface area contributed by atoms with Gasteiger partial charge in [0.05, 0.1) is 6.61 Å². The Morgan fingerprint density at radius 3 is 1.32 bits per heavy atom. The lowest BCUT2D eigenvalue weighted by Gasteiger charge is -2.25. The van der Waals surface area contributed by atoms with Crippen molar-refractivity contribution in [2.45, 2.75) is 173 Å². The van der Waals surface area contributed by atoms with E-state index in [-0.39, 0.29) is 6.42 Å². The molecule has 0 aliphatic heterocycles. The molecule has 0 amide bonds. The lowest BCUT2D eigenvalue weighted by molar-refractivity contribution is -0.156. The minimum atomic E-state index is -1.72. The van der Waals surface area contributed by atoms with Crippen LogP contribution in [-0.2, 0) is 9.53 Å². The molecule has 0 aromatic heterocycles. The van der Waals surface area contributed by atoms with E-state index in [1.165, 1.54) is 109 Å². The highest BCUT2D eigenvalue weighted by molar-refractivity contribution is 5.69. The van der Waals surface area contributed by atoms with Crippen LogP contribution in [0.2, 0.25) is 0 Å². The first-order chi connectivity index (χ1) is 18.4. The van der Waals surface area contributed by atoms with E-state index < -0.39 is 43.6 Å². The van der Waals surface area contributed by atoms with Crippen molar-refractivity contribution >= 4 is 5.97 Å². The third kappa shape index (κ3) is 22.9. The van der Waals surface area contributed by atoms with Crippen molar-refractivity contribution in [3.8, 4) is 0 Å². The summed E-state index contributed by atoms with van der Waals surface area (Å²) in [5, 5.41) is 47.0. The van der Waals surface area contributed by atoms with Crippen LogP contribution in [0.3, 0.4) is 0 Å². The second-order valence-corrected chi connectivity index (χ2v) is 10.7. The molecule has 0 spiro atoms. The lowest BCUT2D eigenvalue weighted by Crippen LogP contribution is -2.47. The van der Waals surface area contributed by atoms with E-state index in [4.69, 9.17) is 11.2 Å². The SMILES string of the molecule is [2H]CCCCCCCCCCCCCCCCCCCCCCCC(=O)OC[C@@H](O)[C@@H](O)[C@H](O)[C@@H](O)CO. The molecule has 0 aliphatic rings. The van der Waals surface area contributed by atoms with E-state index in [1.54, 1.807) is 0 Å². The van der Waals surface area contributed by atoms with Crippen molar-refractivity contribution in [3.05, 3.63) is 0 Å². The molecule has 0 rings (SSSR count). The van der Waals surface area contributed by atoms with E-state index in [0.29, 0.717) is 6.90 Å². The van der Waals surface area contributed by atoms with Gasteiger partial charge in [0.25, 0.3) is 0 Å². The third-order valence-electron chi connectivity index (χ3n) is 7.12. The highest BCUT2D eigenvalue weighted by Gasteiger charge is 2.30. The maximum absolute atomic E-state index is 11.8. The summed E-state index contributed by atoms with van der Waals surface area (Å²) in [5.41, 5.74) is 0. The van der Waals surface area contributed by atoms with Crippen LogP contribution in [0.5, 0.6) is 0 Å². The van der Waals surface area contributed by atoms with Gasteiger partial charge in [-0.1, -0.05) is 135 Å². The number of aliphatic hydroxyl groups is 5. The monoisotopic (exact) mass is 533 g/mol. The fourth-order valence-corrected chi connectivity index (χ4v) is 4.54. The zero-order valence-electron chi connectivity index (χ0n) is 24.5. The van der Waals surface area contributed by atoms with E-state index >= 15 is 0 Å². The summed E-state index contributed by atoms with van der Waals surface area (Å²) in [5.74, 6) is -0.462. The molecular formula is C30H60O7. The van der Waals surface area contributed by atoms with Gasteiger partial charge in [-0.25, -0.2) is 0 Å². The molecule has 0 radical (unpaired) electrons. The molecule has 0 aromatic rings. The Balaban J connectivity index is 3.34. The number of aliphatic hydroxyl groups excluding tert-OH is 5. The number of esters is 1. The van der Waals surface area contributed by atoms with Crippen LogP contribution < -0.4 is 0 Å². The van der Waals surface area contributed by atoms with E-state index in [0.717, 1.165) is 25.7 Å². The van der Waals surface area contributed by atoms with Crippen LogP contribution in [0, 0.1) is 0 Å². The smallest absolute Gasteiger partial charge is 0.305 e. The lowest BCUT2D eigenvalue weighted by atomic mass is 10.0. The van der Waals surface area contributed by atoms with Crippen LogP contribution in [-0.4, -0.2) is 69.1 Å². The summed E-state index contributed by atoms with van der Waals surface area (Å²) < 4.78 is 12.1. The molecule has 222 valence electrons. The molecule has 37 heavy (non-hydrogen) atoms. The largest absolute Gasteiger partial charge is 0.463 e. The maximum atomic E-state index is 11.8. The van der Waals surface area contributed by atoms with Crippen molar-refractivity contribution in [2.75, 3.05) is 13.2 Å². The Labute approximate surface area is 228 Å².